The van der Waals surface area contributed by atoms with E-state index >= 15 is 0 Å². The molecule has 0 radical (unpaired) electrons. The van der Waals surface area contributed by atoms with Gasteiger partial charge < -0.3 is 20.1 Å². The quantitative estimate of drug-likeness (QED) is 0.469. The highest BCUT2D eigenvalue weighted by Gasteiger charge is 2.53. The highest BCUT2D eigenvalue weighted by molar-refractivity contribution is 5.89. The maximum Gasteiger partial charge on any atom is 0.573 e. The van der Waals surface area contributed by atoms with Crippen molar-refractivity contribution >= 4 is 11.7 Å². The van der Waals surface area contributed by atoms with Crippen LogP contribution < -0.4 is 25.4 Å². The molecule has 2 heterocycles. The van der Waals surface area contributed by atoms with Crippen LogP contribution in [0.5, 0.6) is 11.5 Å². The molecule has 2 aromatic rings. The zero-order valence-corrected chi connectivity index (χ0v) is 19.4. The van der Waals surface area contributed by atoms with Gasteiger partial charge >= 0.3 is 12.4 Å². The van der Waals surface area contributed by atoms with Gasteiger partial charge in [-0.3, -0.25) is 10.2 Å². The van der Waals surface area contributed by atoms with E-state index in [0.717, 1.165) is 18.6 Å². The largest absolute Gasteiger partial charge is 0.573 e. The Hall–Kier alpha value is -3.12. The van der Waals surface area contributed by atoms with Crippen LogP contribution in [-0.2, 0) is 5.54 Å². The number of nitrogens with one attached hydrogen (secondary N) is 3. The van der Waals surface area contributed by atoms with E-state index in [1.165, 1.54) is 12.1 Å². The van der Waals surface area contributed by atoms with Crippen LogP contribution in [0.2, 0.25) is 0 Å². The monoisotopic (exact) mass is 514 g/mol. The summed E-state index contributed by atoms with van der Waals surface area (Å²) in [5.41, 5.74) is -0.765. The molecule has 0 aliphatic carbocycles. The van der Waals surface area contributed by atoms with Crippen LogP contribution in [0.15, 0.2) is 48.5 Å². The number of halogens is 5. The number of amides is 2. The van der Waals surface area contributed by atoms with Crippen molar-refractivity contribution in [2.24, 2.45) is 0 Å². The molecule has 3 unspecified atom stereocenters. The van der Waals surface area contributed by atoms with E-state index in [0.29, 0.717) is 37.2 Å². The molecule has 2 aliphatic rings. The number of ether oxygens (including phenoxy) is 2. The minimum atomic E-state index is -4.81. The number of rotatable bonds is 7. The summed E-state index contributed by atoms with van der Waals surface area (Å²) in [5, 5.41) is 8.55. The molecular formula is C24H27F5N4O3. The maximum absolute atomic E-state index is 14.1. The number of alkyl halides is 5. The molecule has 0 bridgehead atoms. The smallest absolute Gasteiger partial charge is 0.473 e. The molecule has 3 atom stereocenters. The Kier molecular flexibility index (Phi) is 7.55. The van der Waals surface area contributed by atoms with Crippen molar-refractivity contribution < 1.29 is 36.2 Å². The Morgan fingerprint density at radius 2 is 1.89 bits per heavy atom. The number of piperidine rings is 1. The second-order valence-electron chi connectivity index (χ2n) is 8.80. The summed E-state index contributed by atoms with van der Waals surface area (Å²) >= 11 is 0. The molecule has 0 saturated carbocycles. The van der Waals surface area contributed by atoms with Gasteiger partial charge in [-0.25, -0.2) is 13.6 Å². The predicted octanol–water partition coefficient (Wildman–Crippen LogP) is 4.66. The average Bonchev–Trinajstić information content (AvgIpc) is 2.81. The standard InChI is InChI=1S/C24H27F5N4O3/c1-33-14-12-23(33,21(25)26)17-5-2-3-7-19(17)35-20-18(6-4-13-30-20)32-22(34)31-15-8-10-16(11-9-15)36-24(27,28)29/h2-3,5,7-11,18,20-21,30H,4,6,12-14H2,1H3,(H2,31,32,34). The molecule has 7 nitrogen and oxygen atoms in total. The van der Waals surface area contributed by atoms with Crippen LogP contribution in [0.4, 0.5) is 32.4 Å². The third-order valence-corrected chi connectivity index (χ3v) is 6.54. The first-order valence-electron chi connectivity index (χ1n) is 11.5. The minimum Gasteiger partial charge on any atom is -0.473 e. The van der Waals surface area contributed by atoms with Crippen molar-refractivity contribution in [1.82, 2.24) is 15.5 Å². The number of carbonyl (C=O) groups excluding carboxylic acids is 1. The van der Waals surface area contributed by atoms with Crippen molar-refractivity contribution in [2.75, 3.05) is 25.5 Å². The van der Waals surface area contributed by atoms with Crippen molar-refractivity contribution in [3.63, 3.8) is 0 Å². The average molecular weight is 514 g/mol. The third-order valence-electron chi connectivity index (χ3n) is 6.54. The Labute approximate surface area is 204 Å². The number of anilines is 1. The number of para-hydroxylation sites is 1. The summed E-state index contributed by atoms with van der Waals surface area (Å²) < 4.78 is 75.2. The van der Waals surface area contributed by atoms with Crippen molar-refractivity contribution in [3.8, 4) is 11.5 Å². The second kappa shape index (κ2) is 10.5. The number of hydrogen-bond acceptors (Lipinski definition) is 5. The fourth-order valence-electron chi connectivity index (χ4n) is 4.58. The summed E-state index contributed by atoms with van der Waals surface area (Å²) in [6, 6.07) is 10.4. The van der Waals surface area contributed by atoms with Crippen molar-refractivity contribution in [3.05, 3.63) is 54.1 Å². The summed E-state index contributed by atoms with van der Waals surface area (Å²) in [4.78, 5) is 14.2. The number of hydrogen-bond donors (Lipinski definition) is 3. The summed E-state index contributed by atoms with van der Waals surface area (Å²) in [5.74, 6) is -0.0908. The van der Waals surface area contributed by atoms with Gasteiger partial charge in [0, 0.05) is 17.8 Å². The highest BCUT2D eigenvalue weighted by atomic mass is 19.4. The maximum atomic E-state index is 14.1. The van der Waals surface area contributed by atoms with Gasteiger partial charge in [-0.15, -0.1) is 13.2 Å². The Morgan fingerprint density at radius 1 is 1.17 bits per heavy atom. The molecule has 0 aromatic heterocycles. The lowest BCUT2D eigenvalue weighted by Gasteiger charge is -2.51. The van der Waals surface area contributed by atoms with Crippen LogP contribution in [0.25, 0.3) is 0 Å². The van der Waals surface area contributed by atoms with Gasteiger partial charge in [0.15, 0.2) is 6.23 Å². The normalized spacial score (nSPS) is 24.6. The van der Waals surface area contributed by atoms with Gasteiger partial charge in [0.1, 0.15) is 17.0 Å². The fraction of sp³-hybridized carbons (Fsp3) is 0.458. The van der Waals surface area contributed by atoms with E-state index < -0.39 is 42.4 Å². The van der Waals surface area contributed by atoms with Crippen LogP contribution >= 0.6 is 0 Å². The van der Waals surface area contributed by atoms with E-state index in [4.69, 9.17) is 4.74 Å². The lowest BCUT2D eigenvalue weighted by molar-refractivity contribution is -0.274. The van der Waals surface area contributed by atoms with Gasteiger partial charge in [-0.05, 0) is 63.2 Å². The Balaban J connectivity index is 1.43. The summed E-state index contributed by atoms with van der Waals surface area (Å²) in [7, 11) is 1.65. The van der Waals surface area contributed by atoms with Crippen LogP contribution in [0.3, 0.4) is 0 Å². The van der Waals surface area contributed by atoms with Gasteiger partial charge in [-0.1, -0.05) is 18.2 Å². The van der Waals surface area contributed by atoms with Crippen LogP contribution in [-0.4, -0.2) is 56.1 Å². The van der Waals surface area contributed by atoms with Crippen LogP contribution in [0, 0.1) is 0 Å². The number of likely N-dealkylation sites (tertiary alicyclic amines) is 1. The highest BCUT2D eigenvalue weighted by Crippen LogP contribution is 2.47. The molecule has 2 aliphatic heterocycles. The number of urea groups is 1. The van der Waals surface area contributed by atoms with Crippen molar-refractivity contribution in [2.45, 2.75) is 49.9 Å². The molecule has 3 N–H and O–H groups in total. The van der Waals surface area contributed by atoms with E-state index in [9.17, 15) is 26.7 Å². The molecule has 36 heavy (non-hydrogen) atoms. The number of nitrogens with zero attached hydrogens (tertiary/aromatic N) is 1. The fourth-order valence-corrected chi connectivity index (χ4v) is 4.58. The second-order valence-corrected chi connectivity index (χ2v) is 8.80. The number of carbonyl (C=O) groups is 1. The SMILES string of the molecule is CN1CCC1(c1ccccc1OC1NCCCC1NC(=O)Nc1ccc(OC(F)(F)F)cc1)C(F)F. The Morgan fingerprint density at radius 3 is 2.50 bits per heavy atom. The van der Waals surface area contributed by atoms with Gasteiger partial charge in [0.2, 0.25) is 0 Å². The molecule has 4 rings (SSSR count). The first-order chi connectivity index (χ1) is 17.1. The van der Waals surface area contributed by atoms with E-state index in [1.54, 1.807) is 36.2 Å². The lowest BCUT2D eigenvalue weighted by Crippen LogP contribution is -2.60. The minimum absolute atomic E-state index is 0.264. The molecule has 2 amide bonds. The number of benzene rings is 2. The molecule has 196 valence electrons. The van der Waals surface area contributed by atoms with E-state index in [-0.39, 0.29) is 5.69 Å². The van der Waals surface area contributed by atoms with Crippen molar-refractivity contribution in [1.29, 1.82) is 0 Å². The van der Waals surface area contributed by atoms with Gasteiger partial charge in [-0.2, -0.15) is 0 Å². The third kappa shape index (κ3) is 5.65. The van der Waals surface area contributed by atoms with Crippen LogP contribution in [0.1, 0.15) is 24.8 Å². The zero-order chi connectivity index (χ0) is 25.9. The topological polar surface area (TPSA) is 74.9 Å². The molecule has 2 fully saturated rings. The summed E-state index contributed by atoms with van der Waals surface area (Å²) in [6.07, 6.45) is -6.46. The van der Waals surface area contributed by atoms with E-state index in [2.05, 4.69) is 20.7 Å². The molecule has 2 aromatic carbocycles. The lowest BCUT2D eigenvalue weighted by atomic mass is 9.78. The zero-order valence-electron chi connectivity index (χ0n) is 19.4. The molecule has 2 saturated heterocycles. The Bertz CT molecular complexity index is 1050. The summed E-state index contributed by atoms with van der Waals surface area (Å²) in [6.45, 7) is 1.17. The van der Waals surface area contributed by atoms with Gasteiger partial charge in [0.25, 0.3) is 6.43 Å². The molecule has 12 heteroatoms. The van der Waals surface area contributed by atoms with Gasteiger partial charge in [0.05, 0.1) is 6.04 Å². The van der Waals surface area contributed by atoms with E-state index in [1.807, 2.05) is 0 Å². The first-order valence-corrected chi connectivity index (χ1v) is 11.5. The molecular weight excluding hydrogens is 487 g/mol. The molecule has 0 spiro atoms. The first kappa shape index (κ1) is 26.0. The predicted molar refractivity (Wildman–Crippen MR) is 122 cm³/mol.